The fraction of sp³-hybridized carbons (Fsp3) is 0.421. The second-order valence-corrected chi connectivity index (χ2v) is 9.14. The van der Waals surface area contributed by atoms with E-state index in [4.69, 9.17) is 0 Å². The molecule has 0 radical (unpaired) electrons. The number of ketones is 1. The van der Waals surface area contributed by atoms with Crippen molar-refractivity contribution in [2.24, 2.45) is 0 Å². The van der Waals surface area contributed by atoms with E-state index in [0.29, 0.717) is 5.57 Å². The summed E-state index contributed by atoms with van der Waals surface area (Å²) in [5.41, 5.74) is 1.12. The SMILES string of the molecule is CC1=CCC(C(=O)CS(=O)(=O)C(C)C)=CCC1c1c(F)cccc1F. The van der Waals surface area contributed by atoms with Crippen LogP contribution in [0.15, 0.2) is 41.5 Å². The van der Waals surface area contributed by atoms with Crippen molar-refractivity contribution in [3.63, 3.8) is 0 Å². The highest BCUT2D eigenvalue weighted by Gasteiger charge is 2.26. The Morgan fingerprint density at radius 3 is 2.36 bits per heavy atom. The summed E-state index contributed by atoms with van der Waals surface area (Å²) in [7, 11) is -3.48. The molecule has 1 aromatic rings. The first-order valence-corrected chi connectivity index (χ1v) is 9.89. The van der Waals surface area contributed by atoms with E-state index in [1.54, 1.807) is 19.1 Å². The monoisotopic (exact) mass is 368 g/mol. The minimum atomic E-state index is -3.48. The Kier molecular flexibility index (Phi) is 5.93. The largest absolute Gasteiger partial charge is 0.293 e. The Labute approximate surface area is 147 Å². The molecule has 0 saturated carbocycles. The quantitative estimate of drug-likeness (QED) is 0.735. The van der Waals surface area contributed by atoms with Crippen molar-refractivity contribution in [2.75, 3.05) is 5.75 Å². The zero-order valence-electron chi connectivity index (χ0n) is 14.6. The molecule has 0 heterocycles. The van der Waals surface area contributed by atoms with Gasteiger partial charge in [0, 0.05) is 11.5 Å². The lowest BCUT2D eigenvalue weighted by atomic mass is 9.88. The summed E-state index contributed by atoms with van der Waals surface area (Å²) in [6.45, 7) is 4.83. The lowest BCUT2D eigenvalue weighted by molar-refractivity contribution is -0.113. The molecule has 1 unspecified atom stereocenters. The van der Waals surface area contributed by atoms with E-state index in [1.165, 1.54) is 32.0 Å². The van der Waals surface area contributed by atoms with Crippen LogP contribution in [0.4, 0.5) is 8.78 Å². The van der Waals surface area contributed by atoms with Crippen molar-refractivity contribution < 1.29 is 22.0 Å². The molecule has 1 aliphatic carbocycles. The Morgan fingerprint density at radius 2 is 1.80 bits per heavy atom. The number of sulfone groups is 1. The average Bonchev–Trinajstić information content (AvgIpc) is 2.69. The highest BCUT2D eigenvalue weighted by molar-refractivity contribution is 7.92. The molecule has 0 amide bonds. The van der Waals surface area contributed by atoms with E-state index < -0.39 is 44.2 Å². The van der Waals surface area contributed by atoms with Crippen molar-refractivity contribution in [1.29, 1.82) is 0 Å². The maximum Gasteiger partial charge on any atom is 0.173 e. The lowest BCUT2D eigenvalue weighted by Gasteiger charge is -2.17. The molecule has 2 rings (SSSR count). The van der Waals surface area contributed by atoms with Crippen LogP contribution in [-0.2, 0) is 14.6 Å². The highest BCUT2D eigenvalue weighted by Crippen LogP contribution is 2.35. The van der Waals surface area contributed by atoms with Gasteiger partial charge in [0.15, 0.2) is 15.6 Å². The third kappa shape index (κ3) is 4.42. The van der Waals surface area contributed by atoms with Gasteiger partial charge in [-0.1, -0.05) is 23.8 Å². The third-order valence-electron chi connectivity index (χ3n) is 4.55. The van der Waals surface area contributed by atoms with Crippen molar-refractivity contribution in [3.05, 3.63) is 58.7 Å². The molecule has 136 valence electrons. The zero-order valence-corrected chi connectivity index (χ0v) is 15.4. The third-order valence-corrected chi connectivity index (χ3v) is 6.65. The average molecular weight is 368 g/mol. The molecule has 1 atom stereocenters. The van der Waals surface area contributed by atoms with Gasteiger partial charge in [-0.2, -0.15) is 0 Å². The fourth-order valence-corrected chi connectivity index (χ4v) is 3.69. The van der Waals surface area contributed by atoms with Crippen molar-refractivity contribution in [1.82, 2.24) is 0 Å². The second kappa shape index (κ2) is 7.60. The predicted octanol–water partition coefficient (Wildman–Crippen LogP) is 4.11. The number of rotatable bonds is 5. The van der Waals surface area contributed by atoms with Crippen LogP contribution in [0.3, 0.4) is 0 Å². The van der Waals surface area contributed by atoms with Crippen LogP contribution < -0.4 is 0 Å². The van der Waals surface area contributed by atoms with Gasteiger partial charge in [0.05, 0.1) is 5.25 Å². The maximum atomic E-state index is 14.1. The molecule has 25 heavy (non-hydrogen) atoms. The molecular formula is C19H22F2O3S. The van der Waals surface area contributed by atoms with Gasteiger partial charge >= 0.3 is 0 Å². The molecule has 1 aromatic carbocycles. The number of carbonyl (C=O) groups is 1. The Balaban J connectivity index is 2.28. The van der Waals surface area contributed by atoms with Crippen molar-refractivity contribution in [2.45, 2.75) is 44.8 Å². The zero-order chi connectivity index (χ0) is 18.8. The van der Waals surface area contributed by atoms with Gasteiger partial charge < -0.3 is 0 Å². The summed E-state index contributed by atoms with van der Waals surface area (Å²) in [6, 6.07) is 3.73. The van der Waals surface area contributed by atoms with Gasteiger partial charge in [0.25, 0.3) is 0 Å². The summed E-state index contributed by atoms with van der Waals surface area (Å²) < 4.78 is 52.0. The summed E-state index contributed by atoms with van der Waals surface area (Å²) >= 11 is 0. The number of hydrogen-bond acceptors (Lipinski definition) is 3. The van der Waals surface area contributed by atoms with Gasteiger partial charge in [0.1, 0.15) is 17.4 Å². The fourth-order valence-electron chi connectivity index (χ4n) is 2.80. The Bertz CT molecular complexity index is 816. The number of Topliss-reactive ketones (excluding diaryl/α,β-unsaturated/α-hetero) is 1. The van der Waals surface area contributed by atoms with Crippen LogP contribution >= 0.6 is 0 Å². The number of carbonyl (C=O) groups excluding carboxylic acids is 1. The highest BCUT2D eigenvalue weighted by atomic mass is 32.2. The lowest BCUT2D eigenvalue weighted by Crippen LogP contribution is -2.24. The smallest absolute Gasteiger partial charge is 0.173 e. The normalized spacial score (nSPS) is 18.6. The summed E-state index contributed by atoms with van der Waals surface area (Å²) in [4.78, 5) is 12.3. The van der Waals surface area contributed by atoms with E-state index in [9.17, 15) is 22.0 Å². The molecule has 0 fully saturated rings. The van der Waals surface area contributed by atoms with Crippen LogP contribution in [0.25, 0.3) is 0 Å². The molecule has 0 saturated heterocycles. The summed E-state index contributed by atoms with van der Waals surface area (Å²) in [6.07, 6.45) is 3.88. The van der Waals surface area contributed by atoms with Gasteiger partial charge in [-0.3, -0.25) is 4.79 Å². The van der Waals surface area contributed by atoms with Crippen LogP contribution in [0, 0.1) is 11.6 Å². The van der Waals surface area contributed by atoms with Gasteiger partial charge in [0.2, 0.25) is 0 Å². The second-order valence-electron chi connectivity index (χ2n) is 6.58. The van der Waals surface area contributed by atoms with Crippen molar-refractivity contribution >= 4 is 15.6 Å². The molecule has 0 spiro atoms. The molecule has 0 aliphatic heterocycles. The van der Waals surface area contributed by atoms with E-state index in [-0.39, 0.29) is 18.4 Å². The van der Waals surface area contributed by atoms with Crippen LogP contribution in [-0.4, -0.2) is 25.2 Å². The standard InChI is InChI=1S/C19H22F2O3S/c1-12(2)25(23,24)11-18(22)14-8-7-13(3)15(10-9-14)19-16(20)5-4-6-17(19)21/h4-7,9,12,15H,8,10-11H2,1-3H3. The first-order chi connectivity index (χ1) is 11.6. The van der Waals surface area contributed by atoms with Gasteiger partial charge in [-0.25, -0.2) is 17.2 Å². The van der Waals surface area contributed by atoms with E-state index in [0.717, 1.165) is 5.57 Å². The molecular weight excluding hydrogens is 346 g/mol. The van der Waals surface area contributed by atoms with E-state index >= 15 is 0 Å². The Morgan fingerprint density at radius 1 is 1.20 bits per heavy atom. The molecule has 3 nitrogen and oxygen atoms in total. The minimum Gasteiger partial charge on any atom is -0.293 e. The molecule has 0 bridgehead atoms. The number of benzene rings is 1. The maximum absolute atomic E-state index is 14.1. The predicted molar refractivity (Wildman–Crippen MR) is 94.1 cm³/mol. The van der Waals surface area contributed by atoms with Gasteiger partial charge in [-0.15, -0.1) is 0 Å². The molecule has 0 N–H and O–H groups in total. The first-order valence-electron chi connectivity index (χ1n) is 8.18. The summed E-state index contributed by atoms with van der Waals surface area (Å²) in [5.74, 6) is -2.74. The van der Waals surface area contributed by atoms with E-state index in [1.807, 2.05) is 0 Å². The minimum absolute atomic E-state index is 0.0176. The number of halogens is 2. The van der Waals surface area contributed by atoms with Crippen LogP contribution in [0.5, 0.6) is 0 Å². The van der Waals surface area contributed by atoms with Gasteiger partial charge in [-0.05, 0) is 51.3 Å². The molecule has 1 aliphatic rings. The van der Waals surface area contributed by atoms with Crippen molar-refractivity contribution in [3.8, 4) is 0 Å². The number of allylic oxidation sites excluding steroid dienone is 4. The van der Waals surface area contributed by atoms with Crippen LogP contribution in [0.2, 0.25) is 0 Å². The number of hydrogen-bond donors (Lipinski definition) is 0. The first kappa shape index (κ1) is 19.5. The van der Waals surface area contributed by atoms with E-state index in [2.05, 4.69) is 0 Å². The van der Waals surface area contributed by atoms with Crippen LogP contribution in [0.1, 0.15) is 45.1 Å². The summed E-state index contributed by atoms with van der Waals surface area (Å²) in [5, 5.41) is -0.625. The Hall–Kier alpha value is -1.82. The molecule has 6 heteroatoms. The molecule has 0 aromatic heterocycles. The topological polar surface area (TPSA) is 51.2 Å².